The highest BCUT2D eigenvalue weighted by atomic mass is 32.2. The summed E-state index contributed by atoms with van der Waals surface area (Å²) in [6, 6.07) is 14.0. The van der Waals surface area contributed by atoms with Gasteiger partial charge in [-0.25, -0.2) is 13.6 Å². The molecule has 2 aromatic rings. The van der Waals surface area contributed by atoms with Crippen molar-refractivity contribution < 1.29 is 22.7 Å². The van der Waals surface area contributed by atoms with Gasteiger partial charge in [-0.3, -0.25) is 9.59 Å². The molecule has 1 aliphatic rings. The van der Waals surface area contributed by atoms with Gasteiger partial charge in [0.25, 0.3) is 0 Å². The first-order chi connectivity index (χ1) is 12.8. The van der Waals surface area contributed by atoms with Gasteiger partial charge in [0, 0.05) is 12.2 Å². The highest BCUT2D eigenvalue weighted by molar-refractivity contribution is 7.89. The van der Waals surface area contributed by atoms with Crippen LogP contribution in [0.1, 0.15) is 5.56 Å². The fraction of sp³-hybridized carbons (Fsp3) is 0.222. The molecule has 2 amide bonds. The van der Waals surface area contributed by atoms with E-state index < -0.39 is 22.0 Å². The number of nitrogens with two attached hydrogens (primary N) is 1. The van der Waals surface area contributed by atoms with Crippen LogP contribution in [-0.2, 0) is 30.9 Å². The largest absolute Gasteiger partial charge is 0.369 e. The molecule has 0 aliphatic carbocycles. The maximum atomic E-state index is 12.7. The second-order valence-electron chi connectivity index (χ2n) is 6.10. The molecular formula is C18H19N3O5S. The molecule has 3 rings (SSSR count). The first-order valence-corrected chi connectivity index (χ1v) is 9.74. The summed E-state index contributed by atoms with van der Waals surface area (Å²) in [6.07, 6.45) is 0. The Morgan fingerprint density at radius 2 is 1.81 bits per heavy atom. The summed E-state index contributed by atoms with van der Waals surface area (Å²) in [5.74, 6) is -0.683. The molecule has 0 saturated carbocycles. The topological polar surface area (TPSA) is 119 Å². The lowest BCUT2D eigenvalue weighted by Crippen LogP contribution is -2.54. The van der Waals surface area contributed by atoms with E-state index in [4.69, 9.17) is 9.88 Å². The fourth-order valence-electron chi connectivity index (χ4n) is 2.75. The average molecular weight is 389 g/mol. The van der Waals surface area contributed by atoms with Gasteiger partial charge in [-0.15, -0.1) is 0 Å². The van der Waals surface area contributed by atoms with E-state index in [1.807, 2.05) is 30.3 Å². The number of rotatable bonds is 5. The summed E-state index contributed by atoms with van der Waals surface area (Å²) in [5, 5.41) is 7.73. The van der Waals surface area contributed by atoms with Crippen LogP contribution in [0.2, 0.25) is 0 Å². The van der Waals surface area contributed by atoms with E-state index in [0.29, 0.717) is 12.2 Å². The SMILES string of the molecule is NS(=O)(=O)c1ccc(NC(=O)C2COCC(=O)N2Cc2ccccc2)cc1. The number of hydrogen-bond acceptors (Lipinski definition) is 5. The number of benzene rings is 2. The summed E-state index contributed by atoms with van der Waals surface area (Å²) >= 11 is 0. The van der Waals surface area contributed by atoms with Gasteiger partial charge in [0.15, 0.2) is 0 Å². The van der Waals surface area contributed by atoms with Crippen LogP contribution >= 0.6 is 0 Å². The standard InChI is InChI=1S/C18H19N3O5S/c19-27(24,25)15-8-6-14(7-9-15)20-18(23)16-11-26-12-17(22)21(16)10-13-4-2-1-3-5-13/h1-9,16H,10-12H2,(H,20,23)(H2,19,24,25). The lowest BCUT2D eigenvalue weighted by molar-refractivity contribution is -0.154. The molecule has 1 aliphatic heterocycles. The van der Waals surface area contributed by atoms with E-state index in [2.05, 4.69) is 5.32 Å². The molecule has 2 aromatic carbocycles. The molecular weight excluding hydrogens is 370 g/mol. The van der Waals surface area contributed by atoms with Crippen molar-refractivity contribution in [3.8, 4) is 0 Å². The first-order valence-electron chi connectivity index (χ1n) is 8.19. The molecule has 1 saturated heterocycles. The molecule has 3 N–H and O–H groups in total. The second-order valence-corrected chi connectivity index (χ2v) is 7.66. The number of amides is 2. The monoisotopic (exact) mass is 389 g/mol. The van der Waals surface area contributed by atoms with Gasteiger partial charge in [-0.05, 0) is 29.8 Å². The van der Waals surface area contributed by atoms with Crippen molar-refractivity contribution in [2.75, 3.05) is 18.5 Å². The van der Waals surface area contributed by atoms with Gasteiger partial charge in [-0.2, -0.15) is 0 Å². The van der Waals surface area contributed by atoms with Crippen LogP contribution in [0, 0.1) is 0 Å². The van der Waals surface area contributed by atoms with Crippen LogP contribution in [0.4, 0.5) is 5.69 Å². The van der Waals surface area contributed by atoms with E-state index in [1.165, 1.54) is 29.2 Å². The number of carbonyl (C=O) groups is 2. The fourth-order valence-corrected chi connectivity index (χ4v) is 3.27. The summed E-state index contributed by atoms with van der Waals surface area (Å²) in [7, 11) is -3.80. The number of sulfonamides is 1. The normalized spacial score (nSPS) is 17.6. The maximum absolute atomic E-state index is 12.7. The van der Waals surface area contributed by atoms with Crippen LogP contribution in [0.25, 0.3) is 0 Å². The Morgan fingerprint density at radius 3 is 2.44 bits per heavy atom. The molecule has 0 spiro atoms. The van der Waals surface area contributed by atoms with E-state index in [9.17, 15) is 18.0 Å². The number of carbonyl (C=O) groups excluding carboxylic acids is 2. The maximum Gasteiger partial charge on any atom is 0.249 e. The van der Waals surface area contributed by atoms with Crippen LogP contribution in [0.5, 0.6) is 0 Å². The third kappa shape index (κ3) is 4.70. The molecule has 1 heterocycles. The van der Waals surface area contributed by atoms with Crippen molar-refractivity contribution in [3.63, 3.8) is 0 Å². The van der Waals surface area contributed by atoms with Gasteiger partial charge < -0.3 is 15.0 Å². The Kier molecular flexibility index (Phi) is 5.54. The smallest absolute Gasteiger partial charge is 0.249 e. The van der Waals surface area contributed by atoms with Crippen molar-refractivity contribution >= 4 is 27.5 Å². The molecule has 9 heteroatoms. The summed E-state index contributed by atoms with van der Waals surface area (Å²) in [5.41, 5.74) is 1.30. The Bertz CT molecular complexity index is 929. The number of nitrogens with one attached hydrogen (secondary N) is 1. The molecule has 0 aromatic heterocycles. The Morgan fingerprint density at radius 1 is 1.15 bits per heavy atom. The summed E-state index contributed by atoms with van der Waals surface area (Å²) in [4.78, 5) is 26.4. The molecule has 0 radical (unpaired) electrons. The third-order valence-corrected chi connectivity index (χ3v) is 5.08. The zero-order valence-electron chi connectivity index (χ0n) is 14.4. The van der Waals surface area contributed by atoms with Crippen molar-refractivity contribution in [2.45, 2.75) is 17.5 Å². The lowest BCUT2D eigenvalue weighted by atomic mass is 10.1. The van der Waals surface area contributed by atoms with Crippen molar-refractivity contribution in [3.05, 3.63) is 60.2 Å². The number of morpholine rings is 1. The molecule has 1 atom stereocenters. The number of primary sulfonamides is 1. The average Bonchev–Trinajstić information content (AvgIpc) is 2.64. The van der Waals surface area contributed by atoms with Crippen LogP contribution in [0.15, 0.2) is 59.5 Å². The minimum absolute atomic E-state index is 0.0534. The molecule has 27 heavy (non-hydrogen) atoms. The first kappa shape index (κ1) is 19.0. The molecule has 142 valence electrons. The zero-order chi connectivity index (χ0) is 19.4. The van der Waals surface area contributed by atoms with Crippen molar-refractivity contribution in [1.29, 1.82) is 0 Å². The Hall–Kier alpha value is -2.75. The zero-order valence-corrected chi connectivity index (χ0v) is 15.2. The molecule has 1 fully saturated rings. The minimum Gasteiger partial charge on any atom is -0.369 e. The highest BCUT2D eigenvalue weighted by Crippen LogP contribution is 2.17. The predicted molar refractivity (Wildman–Crippen MR) is 98.0 cm³/mol. The minimum atomic E-state index is -3.80. The highest BCUT2D eigenvalue weighted by Gasteiger charge is 2.34. The van der Waals surface area contributed by atoms with Gasteiger partial charge in [0.05, 0.1) is 11.5 Å². The van der Waals surface area contributed by atoms with Crippen molar-refractivity contribution in [1.82, 2.24) is 4.90 Å². The summed E-state index contributed by atoms with van der Waals surface area (Å²) in [6.45, 7) is 0.310. The third-order valence-electron chi connectivity index (χ3n) is 4.15. The number of hydrogen-bond donors (Lipinski definition) is 2. The van der Waals surface area contributed by atoms with E-state index in [0.717, 1.165) is 5.56 Å². The van der Waals surface area contributed by atoms with Crippen molar-refractivity contribution in [2.24, 2.45) is 5.14 Å². The Balaban J connectivity index is 1.74. The van der Waals surface area contributed by atoms with E-state index in [1.54, 1.807) is 0 Å². The van der Waals surface area contributed by atoms with Gasteiger partial charge in [0.2, 0.25) is 21.8 Å². The molecule has 8 nitrogen and oxygen atoms in total. The van der Waals surface area contributed by atoms with Crippen LogP contribution in [0.3, 0.4) is 0 Å². The lowest BCUT2D eigenvalue weighted by Gasteiger charge is -2.34. The molecule has 1 unspecified atom stereocenters. The van der Waals surface area contributed by atoms with Gasteiger partial charge >= 0.3 is 0 Å². The summed E-state index contributed by atoms with van der Waals surface area (Å²) < 4.78 is 27.8. The van der Waals surface area contributed by atoms with Gasteiger partial charge in [0.1, 0.15) is 12.6 Å². The second kappa shape index (κ2) is 7.87. The van der Waals surface area contributed by atoms with E-state index in [-0.39, 0.29) is 24.0 Å². The number of nitrogens with zero attached hydrogens (tertiary/aromatic N) is 1. The number of anilines is 1. The quantitative estimate of drug-likeness (QED) is 0.780. The van der Waals surface area contributed by atoms with Crippen LogP contribution in [-0.4, -0.2) is 44.4 Å². The number of ether oxygens (including phenoxy) is 1. The van der Waals surface area contributed by atoms with E-state index >= 15 is 0 Å². The Labute approximate surface area is 157 Å². The van der Waals surface area contributed by atoms with Gasteiger partial charge in [-0.1, -0.05) is 30.3 Å². The molecule has 0 bridgehead atoms. The predicted octanol–water partition coefficient (Wildman–Crippen LogP) is 0.700. The van der Waals surface area contributed by atoms with Crippen LogP contribution < -0.4 is 10.5 Å².